The number of hydrogen-bond acceptors (Lipinski definition) is 3. The minimum Gasteiger partial charge on any atom is -0.388 e. The van der Waals surface area contributed by atoms with Crippen molar-refractivity contribution >= 4 is 66.6 Å². The molecule has 0 bridgehead atoms. The second-order valence-electron chi connectivity index (χ2n) is 10.6. The Bertz CT molecular complexity index is 2060. The number of nitrogens with zero attached hydrogens (tertiary/aromatic N) is 2. The lowest BCUT2D eigenvalue weighted by Crippen LogP contribution is -1.98. The highest BCUT2D eigenvalue weighted by Crippen LogP contribution is 2.37. The summed E-state index contributed by atoms with van der Waals surface area (Å²) in [5.74, 6) is 0.617. The third-order valence-electron chi connectivity index (χ3n) is 7.72. The van der Waals surface area contributed by atoms with Crippen LogP contribution in [0.15, 0.2) is 149 Å². The third-order valence-corrected chi connectivity index (χ3v) is 9.02. The molecule has 0 aliphatic rings. The van der Waals surface area contributed by atoms with Crippen LogP contribution in [-0.2, 0) is 0 Å². The van der Waals surface area contributed by atoms with Crippen molar-refractivity contribution < 1.29 is 0 Å². The van der Waals surface area contributed by atoms with Crippen LogP contribution < -0.4 is 5.32 Å². The standard InChI is InChI=1S/C30H28N2S.C11H11N/c1-5-7-13-22(6-2)27(32-30(31-4)23-14-9-8-10-15-23)20-24-18-19-26-25-16-11-12-17-28(25)33-29(26)21(24)3;1-12-11-7-6-9-4-2-3-5-10(9)8-11/h6-20H,4-5H2,1-3H3;2-8,12H,1H3/b13-7-,22-6+,27-20-,32-30?;. The first kappa shape index (κ1) is 31.4. The van der Waals surface area contributed by atoms with Gasteiger partial charge in [0.1, 0.15) is 0 Å². The highest BCUT2D eigenvalue weighted by atomic mass is 32.1. The molecule has 0 spiro atoms. The largest absolute Gasteiger partial charge is 0.388 e. The molecule has 1 aromatic heterocycles. The van der Waals surface area contributed by atoms with Crippen LogP contribution in [0, 0.1) is 6.92 Å². The van der Waals surface area contributed by atoms with Crippen molar-refractivity contribution in [2.45, 2.75) is 27.2 Å². The molecule has 0 aliphatic carbocycles. The number of thiophene rings is 1. The van der Waals surface area contributed by atoms with E-state index in [2.05, 4.69) is 134 Å². The van der Waals surface area contributed by atoms with Crippen molar-refractivity contribution in [3.63, 3.8) is 0 Å². The zero-order valence-corrected chi connectivity index (χ0v) is 27.2. The van der Waals surface area contributed by atoms with E-state index in [9.17, 15) is 0 Å². The molecule has 5 aromatic carbocycles. The monoisotopic (exact) mass is 605 g/mol. The minimum atomic E-state index is 0.617. The summed E-state index contributed by atoms with van der Waals surface area (Å²) >= 11 is 1.85. The van der Waals surface area contributed by atoms with Crippen LogP contribution >= 0.6 is 11.3 Å². The number of nitrogens with one attached hydrogen (secondary N) is 1. The van der Waals surface area contributed by atoms with E-state index in [4.69, 9.17) is 4.99 Å². The number of fused-ring (bicyclic) bond motifs is 4. The van der Waals surface area contributed by atoms with E-state index in [1.54, 1.807) is 0 Å². The summed E-state index contributed by atoms with van der Waals surface area (Å²) in [5, 5.41) is 8.32. The van der Waals surface area contributed by atoms with E-state index in [1.807, 2.05) is 55.6 Å². The molecule has 0 saturated carbocycles. The van der Waals surface area contributed by atoms with Crippen LogP contribution in [0.3, 0.4) is 0 Å². The Morgan fingerprint density at radius 3 is 2.31 bits per heavy atom. The Morgan fingerprint density at radius 1 is 0.844 bits per heavy atom. The van der Waals surface area contributed by atoms with Gasteiger partial charge in [0.15, 0.2) is 5.84 Å². The molecule has 1 heterocycles. The molecule has 0 saturated heterocycles. The van der Waals surface area contributed by atoms with Gasteiger partial charge in [-0.05, 0) is 78.7 Å². The van der Waals surface area contributed by atoms with Crippen LogP contribution in [0.25, 0.3) is 37.0 Å². The third kappa shape index (κ3) is 7.36. The number of aliphatic imine (C=N–C) groups is 2. The quantitative estimate of drug-likeness (QED) is 0.110. The van der Waals surface area contributed by atoms with Crippen molar-refractivity contribution in [3.8, 4) is 0 Å². The zero-order chi connectivity index (χ0) is 31.6. The SMILES string of the molecule is C=NC(=NC(=C\c1ccc2c(sc3ccccc32)c1C)/C(/C=C\CC)=C/C)c1ccccc1.CNc1ccc2ccccc2c1. The Morgan fingerprint density at radius 2 is 1.58 bits per heavy atom. The molecule has 45 heavy (non-hydrogen) atoms. The lowest BCUT2D eigenvalue weighted by Gasteiger charge is -2.09. The molecule has 6 aromatic rings. The fraction of sp³-hybridized carbons (Fsp3) is 0.122. The molecule has 4 heteroatoms. The molecule has 0 fully saturated rings. The summed E-state index contributed by atoms with van der Waals surface area (Å²) in [6.45, 7) is 10.2. The molecule has 0 atom stereocenters. The first-order valence-corrected chi connectivity index (χ1v) is 16.1. The number of hydrogen-bond donors (Lipinski definition) is 1. The summed E-state index contributed by atoms with van der Waals surface area (Å²) < 4.78 is 2.64. The number of anilines is 1. The lowest BCUT2D eigenvalue weighted by atomic mass is 10.0. The molecule has 1 N–H and O–H groups in total. The summed E-state index contributed by atoms with van der Waals surface area (Å²) in [7, 11) is 1.93. The zero-order valence-electron chi connectivity index (χ0n) is 26.4. The Labute approximate surface area is 270 Å². The molecule has 0 amide bonds. The Balaban J connectivity index is 0.000000277. The maximum atomic E-state index is 4.98. The predicted octanol–water partition coefficient (Wildman–Crippen LogP) is 11.6. The molecule has 0 aliphatic heterocycles. The number of allylic oxidation sites excluding steroid dienone is 3. The molecule has 3 nitrogen and oxygen atoms in total. The second kappa shape index (κ2) is 15.1. The first-order valence-electron chi connectivity index (χ1n) is 15.3. The van der Waals surface area contributed by atoms with Gasteiger partial charge in [-0.3, -0.25) is 0 Å². The van der Waals surface area contributed by atoms with Crippen LogP contribution in [0.1, 0.15) is 37.0 Å². The topological polar surface area (TPSA) is 36.8 Å². The van der Waals surface area contributed by atoms with Gasteiger partial charge in [-0.25, -0.2) is 9.98 Å². The molecule has 6 rings (SSSR count). The van der Waals surface area contributed by atoms with Gasteiger partial charge in [0.2, 0.25) is 0 Å². The number of aryl methyl sites for hydroxylation is 1. The van der Waals surface area contributed by atoms with Crippen LogP contribution in [0.5, 0.6) is 0 Å². The van der Waals surface area contributed by atoms with Gasteiger partial charge in [0, 0.05) is 38.5 Å². The highest BCUT2D eigenvalue weighted by molar-refractivity contribution is 7.26. The van der Waals surface area contributed by atoms with Gasteiger partial charge >= 0.3 is 0 Å². The van der Waals surface area contributed by atoms with Crippen molar-refractivity contribution in [3.05, 3.63) is 155 Å². The number of amidine groups is 1. The van der Waals surface area contributed by atoms with Crippen molar-refractivity contribution in [2.75, 3.05) is 12.4 Å². The number of benzene rings is 5. The summed E-state index contributed by atoms with van der Waals surface area (Å²) in [5.41, 5.74) is 6.47. The Kier molecular flexibility index (Phi) is 10.5. The fourth-order valence-electron chi connectivity index (χ4n) is 5.23. The van der Waals surface area contributed by atoms with Gasteiger partial charge in [-0.15, -0.1) is 11.3 Å². The second-order valence-corrected chi connectivity index (χ2v) is 11.7. The molecule has 224 valence electrons. The molecule has 0 radical (unpaired) electrons. The van der Waals surface area contributed by atoms with E-state index < -0.39 is 0 Å². The van der Waals surface area contributed by atoms with Gasteiger partial charge in [-0.1, -0.05) is 116 Å². The van der Waals surface area contributed by atoms with Gasteiger partial charge in [0.05, 0.1) is 5.70 Å². The summed E-state index contributed by atoms with van der Waals surface area (Å²) in [6.07, 6.45) is 9.52. The molecular weight excluding hydrogens is 567 g/mol. The van der Waals surface area contributed by atoms with Crippen LogP contribution in [0.2, 0.25) is 0 Å². The van der Waals surface area contributed by atoms with Crippen LogP contribution in [0.4, 0.5) is 5.69 Å². The molecular formula is C41H39N3S. The summed E-state index contributed by atoms with van der Waals surface area (Å²) in [4.78, 5) is 9.23. The fourth-order valence-corrected chi connectivity index (χ4v) is 6.45. The smallest absolute Gasteiger partial charge is 0.159 e. The van der Waals surface area contributed by atoms with E-state index in [1.165, 1.54) is 36.5 Å². The Hall–Kier alpha value is -5.06. The van der Waals surface area contributed by atoms with E-state index in [0.717, 1.165) is 34.5 Å². The van der Waals surface area contributed by atoms with Gasteiger partial charge in [0.25, 0.3) is 0 Å². The van der Waals surface area contributed by atoms with Crippen LogP contribution in [-0.4, -0.2) is 19.6 Å². The van der Waals surface area contributed by atoms with Crippen molar-refractivity contribution in [1.82, 2.24) is 0 Å². The first-order chi connectivity index (χ1) is 22.1. The normalized spacial score (nSPS) is 12.5. The number of rotatable bonds is 7. The maximum absolute atomic E-state index is 4.98. The minimum absolute atomic E-state index is 0.617. The van der Waals surface area contributed by atoms with E-state index in [-0.39, 0.29) is 0 Å². The maximum Gasteiger partial charge on any atom is 0.159 e. The highest BCUT2D eigenvalue weighted by Gasteiger charge is 2.11. The van der Waals surface area contributed by atoms with E-state index >= 15 is 0 Å². The van der Waals surface area contributed by atoms with Crippen molar-refractivity contribution in [2.24, 2.45) is 9.98 Å². The summed E-state index contributed by atoms with van der Waals surface area (Å²) in [6, 6.07) is 37.8. The average molecular weight is 606 g/mol. The predicted molar refractivity (Wildman–Crippen MR) is 201 cm³/mol. The average Bonchev–Trinajstić information content (AvgIpc) is 3.48. The van der Waals surface area contributed by atoms with Crippen molar-refractivity contribution in [1.29, 1.82) is 0 Å². The molecule has 0 unspecified atom stereocenters. The van der Waals surface area contributed by atoms with E-state index in [0.29, 0.717) is 5.84 Å². The lowest BCUT2D eigenvalue weighted by molar-refractivity contribution is 1.21. The van der Waals surface area contributed by atoms with Gasteiger partial charge in [-0.2, -0.15) is 0 Å². The van der Waals surface area contributed by atoms with Gasteiger partial charge < -0.3 is 5.32 Å².